The fraction of sp³-hybridized carbons (Fsp3) is 0.600. The molecule has 0 aromatic carbocycles. The first-order valence-corrected chi connectivity index (χ1v) is 4.68. The molecule has 0 aliphatic carbocycles. The van der Waals surface area contributed by atoms with Crippen LogP contribution in [-0.4, -0.2) is 16.0 Å². The molecule has 3 heteroatoms. The highest BCUT2D eigenvalue weighted by Gasteiger charge is 2.06. The van der Waals surface area contributed by atoms with Crippen molar-refractivity contribution in [1.29, 1.82) is 0 Å². The monoisotopic (exact) mass is 179 g/mol. The van der Waals surface area contributed by atoms with E-state index in [1.165, 1.54) is 6.33 Å². The normalized spacial score (nSPS) is 13.2. The summed E-state index contributed by atoms with van der Waals surface area (Å²) < 4.78 is 0. The third kappa shape index (κ3) is 3.99. The number of hydrogen-bond donors (Lipinski definition) is 1. The molecule has 0 radical (unpaired) electrons. The SMILES string of the molecule is CC(C)CC(N)Cc1cncnc1. The van der Waals surface area contributed by atoms with Crippen LogP contribution in [0.1, 0.15) is 25.8 Å². The average molecular weight is 179 g/mol. The van der Waals surface area contributed by atoms with E-state index in [9.17, 15) is 0 Å². The summed E-state index contributed by atoms with van der Waals surface area (Å²) >= 11 is 0. The molecule has 1 rings (SSSR count). The molecule has 0 fully saturated rings. The van der Waals surface area contributed by atoms with Crippen molar-refractivity contribution in [3.05, 3.63) is 24.3 Å². The van der Waals surface area contributed by atoms with Crippen molar-refractivity contribution < 1.29 is 0 Å². The van der Waals surface area contributed by atoms with Gasteiger partial charge in [-0.05, 0) is 24.3 Å². The summed E-state index contributed by atoms with van der Waals surface area (Å²) in [6.45, 7) is 4.36. The first-order valence-electron chi connectivity index (χ1n) is 4.68. The maximum Gasteiger partial charge on any atom is 0.115 e. The van der Waals surface area contributed by atoms with Crippen molar-refractivity contribution >= 4 is 0 Å². The third-order valence-electron chi connectivity index (χ3n) is 1.89. The fourth-order valence-electron chi connectivity index (χ4n) is 1.43. The van der Waals surface area contributed by atoms with Crippen molar-refractivity contribution in [2.24, 2.45) is 11.7 Å². The molecule has 0 aliphatic rings. The van der Waals surface area contributed by atoms with E-state index in [4.69, 9.17) is 5.73 Å². The van der Waals surface area contributed by atoms with Crippen LogP contribution in [0.25, 0.3) is 0 Å². The Hall–Kier alpha value is -0.960. The summed E-state index contributed by atoms with van der Waals surface area (Å²) in [7, 11) is 0. The van der Waals surface area contributed by atoms with Crippen molar-refractivity contribution in [3.8, 4) is 0 Å². The van der Waals surface area contributed by atoms with Gasteiger partial charge in [-0.15, -0.1) is 0 Å². The van der Waals surface area contributed by atoms with Gasteiger partial charge in [-0.1, -0.05) is 13.8 Å². The highest BCUT2D eigenvalue weighted by molar-refractivity contribution is 5.04. The van der Waals surface area contributed by atoms with Crippen molar-refractivity contribution in [2.45, 2.75) is 32.7 Å². The van der Waals surface area contributed by atoms with E-state index in [2.05, 4.69) is 23.8 Å². The Bertz CT molecular complexity index is 233. The molecule has 0 saturated heterocycles. The van der Waals surface area contributed by atoms with Gasteiger partial charge in [0.05, 0.1) is 0 Å². The van der Waals surface area contributed by atoms with Gasteiger partial charge in [0, 0.05) is 18.4 Å². The van der Waals surface area contributed by atoms with E-state index < -0.39 is 0 Å². The van der Waals surface area contributed by atoms with Gasteiger partial charge in [0.1, 0.15) is 6.33 Å². The third-order valence-corrected chi connectivity index (χ3v) is 1.89. The lowest BCUT2D eigenvalue weighted by molar-refractivity contribution is 0.492. The summed E-state index contributed by atoms with van der Waals surface area (Å²) in [6, 6.07) is 0.228. The number of nitrogens with two attached hydrogens (primary N) is 1. The molecule has 1 heterocycles. The van der Waals surface area contributed by atoms with Gasteiger partial charge in [-0.25, -0.2) is 9.97 Å². The molecule has 0 saturated carbocycles. The first kappa shape index (κ1) is 10.1. The Morgan fingerprint density at radius 1 is 1.31 bits per heavy atom. The fourth-order valence-corrected chi connectivity index (χ4v) is 1.43. The summed E-state index contributed by atoms with van der Waals surface area (Å²) in [5, 5.41) is 0. The first-order chi connectivity index (χ1) is 6.18. The molecule has 1 atom stereocenters. The predicted molar refractivity (Wildman–Crippen MR) is 53.2 cm³/mol. The largest absolute Gasteiger partial charge is 0.327 e. The van der Waals surface area contributed by atoms with Crippen LogP contribution in [0.15, 0.2) is 18.7 Å². The zero-order valence-corrected chi connectivity index (χ0v) is 8.27. The maximum absolute atomic E-state index is 5.95. The van der Waals surface area contributed by atoms with Crippen LogP contribution >= 0.6 is 0 Å². The van der Waals surface area contributed by atoms with E-state index in [-0.39, 0.29) is 6.04 Å². The highest BCUT2D eigenvalue weighted by atomic mass is 14.8. The lowest BCUT2D eigenvalue weighted by atomic mass is 10.00. The molecule has 0 aliphatic heterocycles. The molecular formula is C10H17N3. The zero-order chi connectivity index (χ0) is 9.68. The second-order valence-corrected chi connectivity index (χ2v) is 3.84. The standard InChI is InChI=1S/C10H17N3/c1-8(2)3-10(11)4-9-5-12-7-13-6-9/h5-8,10H,3-4,11H2,1-2H3. The van der Waals surface area contributed by atoms with Crippen LogP contribution in [0.5, 0.6) is 0 Å². The van der Waals surface area contributed by atoms with Crippen LogP contribution < -0.4 is 5.73 Å². The second-order valence-electron chi connectivity index (χ2n) is 3.84. The van der Waals surface area contributed by atoms with Gasteiger partial charge in [-0.3, -0.25) is 0 Å². The number of rotatable bonds is 4. The molecule has 13 heavy (non-hydrogen) atoms. The lowest BCUT2D eigenvalue weighted by Gasteiger charge is -2.13. The quantitative estimate of drug-likeness (QED) is 0.760. The minimum absolute atomic E-state index is 0.228. The van der Waals surface area contributed by atoms with Crippen molar-refractivity contribution in [1.82, 2.24) is 9.97 Å². The summed E-state index contributed by atoms with van der Waals surface area (Å²) in [5.41, 5.74) is 7.07. The Morgan fingerprint density at radius 2 is 1.92 bits per heavy atom. The number of hydrogen-bond acceptors (Lipinski definition) is 3. The molecule has 1 unspecified atom stereocenters. The predicted octanol–water partition coefficient (Wildman–Crippen LogP) is 1.39. The van der Waals surface area contributed by atoms with Gasteiger partial charge in [0.25, 0.3) is 0 Å². The van der Waals surface area contributed by atoms with Crippen molar-refractivity contribution in [2.75, 3.05) is 0 Å². The molecule has 0 bridgehead atoms. The summed E-state index contributed by atoms with van der Waals surface area (Å²) in [6.07, 6.45) is 7.12. The molecule has 3 nitrogen and oxygen atoms in total. The van der Waals surface area contributed by atoms with Gasteiger partial charge in [0.2, 0.25) is 0 Å². The maximum atomic E-state index is 5.95. The Kier molecular flexibility index (Phi) is 3.83. The Labute approximate surface area is 79.4 Å². The lowest BCUT2D eigenvalue weighted by Crippen LogP contribution is -2.24. The van der Waals surface area contributed by atoms with Crippen LogP contribution in [0, 0.1) is 5.92 Å². The zero-order valence-electron chi connectivity index (χ0n) is 8.27. The molecule has 1 aromatic heterocycles. The second kappa shape index (κ2) is 4.92. The van der Waals surface area contributed by atoms with E-state index >= 15 is 0 Å². The van der Waals surface area contributed by atoms with Crippen LogP contribution in [-0.2, 0) is 6.42 Å². The topological polar surface area (TPSA) is 51.8 Å². The van der Waals surface area contributed by atoms with Gasteiger partial charge in [0.15, 0.2) is 0 Å². The van der Waals surface area contributed by atoms with E-state index in [1.807, 2.05) is 12.4 Å². The van der Waals surface area contributed by atoms with E-state index in [1.54, 1.807) is 0 Å². The minimum atomic E-state index is 0.228. The Morgan fingerprint density at radius 3 is 2.46 bits per heavy atom. The van der Waals surface area contributed by atoms with E-state index in [0.717, 1.165) is 18.4 Å². The van der Waals surface area contributed by atoms with Gasteiger partial charge >= 0.3 is 0 Å². The highest BCUT2D eigenvalue weighted by Crippen LogP contribution is 2.07. The number of nitrogens with zero attached hydrogens (tertiary/aromatic N) is 2. The molecular weight excluding hydrogens is 162 g/mol. The summed E-state index contributed by atoms with van der Waals surface area (Å²) in [5.74, 6) is 0.652. The van der Waals surface area contributed by atoms with Crippen molar-refractivity contribution in [3.63, 3.8) is 0 Å². The van der Waals surface area contributed by atoms with Crippen LogP contribution in [0.3, 0.4) is 0 Å². The average Bonchev–Trinajstić information content (AvgIpc) is 2.04. The van der Waals surface area contributed by atoms with Crippen LogP contribution in [0.2, 0.25) is 0 Å². The molecule has 0 spiro atoms. The van der Waals surface area contributed by atoms with Crippen LogP contribution in [0.4, 0.5) is 0 Å². The molecule has 2 N–H and O–H groups in total. The van der Waals surface area contributed by atoms with Gasteiger partial charge < -0.3 is 5.73 Å². The minimum Gasteiger partial charge on any atom is -0.327 e. The number of aromatic nitrogens is 2. The molecule has 0 amide bonds. The van der Waals surface area contributed by atoms with E-state index in [0.29, 0.717) is 5.92 Å². The van der Waals surface area contributed by atoms with Gasteiger partial charge in [-0.2, -0.15) is 0 Å². The smallest absolute Gasteiger partial charge is 0.115 e. The Balaban J connectivity index is 2.41. The molecule has 72 valence electrons. The molecule has 1 aromatic rings. The summed E-state index contributed by atoms with van der Waals surface area (Å²) in [4.78, 5) is 7.90.